The van der Waals surface area contributed by atoms with E-state index in [2.05, 4.69) is 4.74 Å². The van der Waals surface area contributed by atoms with Crippen LogP contribution in [0.4, 0.5) is 4.79 Å². The van der Waals surface area contributed by atoms with Crippen molar-refractivity contribution in [1.29, 1.82) is 0 Å². The van der Waals surface area contributed by atoms with Crippen LogP contribution in [0.2, 0.25) is 5.02 Å². The summed E-state index contributed by atoms with van der Waals surface area (Å²) in [5.41, 5.74) is 0.414. The Morgan fingerprint density at radius 1 is 1.11 bits per heavy atom. The normalized spacial score (nSPS) is 10.9. The van der Waals surface area contributed by atoms with Crippen LogP contribution < -0.4 is 113 Å². The van der Waals surface area contributed by atoms with Crippen LogP contribution in [-0.2, 0) is 4.74 Å². The number of fused-ring (bicyclic) bond motifs is 1. The van der Waals surface area contributed by atoms with Crippen LogP contribution in [0.5, 0.6) is 0 Å². The van der Waals surface area contributed by atoms with Gasteiger partial charge in [-0.15, -0.1) is 0 Å². The van der Waals surface area contributed by atoms with Crippen molar-refractivity contribution in [3.8, 4) is 0 Å². The van der Waals surface area contributed by atoms with E-state index in [0.717, 1.165) is 0 Å². The van der Waals surface area contributed by atoms with Gasteiger partial charge < -0.3 is 19.7 Å². The van der Waals surface area contributed by atoms with Gasteiger partial charge in [0.2, 0.25) is 0 Å². The summed E-state index contributed by atoms with van der Waals surface area (Å²) < 4.78 is 4.35. The molecule has 0 aromatic heterocycles. The summed E-state index contributed by atoms with van der Waals surface area (Å²) in [5.74, 6) is -1.29. The SMILES string of the molecule is O=C([O-])[O-].O=C1OC(=O)c2c(Cl)cccc21.[K+].[K+]. The fourth-order valence-corrected chi connectivity index (χ4v) is 1.34. The van der Waals surface area contributed by atoms with Gasteiger partial charge in [-0.2, -0.15) is 0 Å². The zero-order valence-corrected chi connectivity index (χ0v) is 16.6. The topological polar surface area (TPSA) is 107 Å². The molecule has 1 aliphatic heterocycles. The minimum absolute atomic E-state index is 0. The average Bonchev–Trinajstić information content (AvgIpc) is 2.43. The van der Waals surface area contributed by atoms with Crippen molar-refractivity contribution >= 4 is 29.7 Å². The van der Waals surface area contributed by atoms with Gasteiger partial charge in [-0.3, -0.25) is 0 Å². The molecule has 1 aliphatic rings. The third kappa shape index (κ3) is 6.10. The van der Waals surface area contributed by atoms with Crippen LogP contribution in [0.15, 0.2) is 18.2 Å². The maximum absolute atomic E-state index is 11.0. The summed E-state index contributed by atoms with van der Waals surface area (Å²) in [7, 11) is 0. The molecule has 9 heteroatoms. The molecule has 2 rings (SSSR count). The molecule has 1 heterocycles. The Labute approximate surface area is 192 Å². The average molecular weight is 321 g/mol. The van der Waals surface area contributed by atoms with Crippen LogP contribution in [0.3, 0.4) is 0 Å². The summed E-state index contributed by atoms with van der Waals surface area (Å²) in [6, 6.07) is 4.65. The van der Waals surface area contributed by atoms with Crippen molar-refractivity contribution in [3.63, 3.8) is 0 Å². The third-order valence-electron chi connectivity index (χ3n) is 1.62. The van der Waals surface area contributed by atoms with Gasteiger partial charge in [-0.25, -0.2) is 9.59 Å². The molecule has 0 N–H and O–H groups in total. The third-order valence-corrected chi connectivity index (χ3v) is 1.94. The standard InChI is InChI=1S/C8H3ClO3.CH2O3.2K/c9-5-3-1-2-4-6(5)8(11)12-7(4)10;2-1(3)4;;/h1-3H;(H2,2,3,4);;/q;;2*+1/p-2. The van der Waals surface area contributed by atoms with E-state index in [4.69, 9.17) is 26.6 Å². The molecule has 18 heavy (non-hydrogen) atoms. The molecule has 84 valence electrons. The Kier molecular flexibility index (Phi) is 11.9. The van der Waals surface area contributed by atoms with Crippen molar-refractivity contribution in [2.24, 2.45) is 0 Å². The Hall–Kier alpha value is 1.19. The largest absolute Gasteiger partial charge is 1.00 e. The van der Waals surface area contributed by atoms with E-state index in [0.29, 0.717) is 0 Å². The van der Waals surface area contributed by atoms with Gasteiger partial charge in [0.25, 0.3) is 0 Å². The first-order valence-electron chi connectivity index (χ1n) is 3.86. The Morgan fingerprint density at radius 2 is 1.61 bits per heavy atom. The van der Waals surface area contributed by atoms with E-state index < -0.39 is 18.1 Å². The predicted molar refractivity (Wildman–Crippen MR) is 46.6 cm³/mol. The number of cyclic esters (lactones) is 2. The van der Waals surface area contributed by atoms with Crippen LogP contribution in [-0.4, -0.2) is 18.1 Å². The molecule has 0 saturated heterocycles. The second-order valence-electron chi connectivity index (χ2n) is 2.59. The molecule has 0 aliphatic carbocycles. The monoisotopic (exact) mass is 320 g/mol. The van der Waals surface area contributed by atoms with E-state index in [-0.39, 0.29) is 119 Å². The van der Waals surface area contributed by atoms with Crippen molar-refractivity contribution in [1.82, 2.24) is 0 Å². The summed E-state index contributed by atoms with van der Waals surface area (Å²) in [4.78, 5) is 30.2. The first-order chi connectivity index (χ1) is 7.43. The molecule has 0 saturated carbocycles. The van der Waals surface area contributed by atoms with Gasteiger partial charge in [-0.1, -0.05) is 17.7 Å². The fourth-order valence-electron chi connectivity index (χ4n) is 1.09. The van der Waals surface area contributed by atoms with Gasteiger partial charge in [0.05, 0.1) is 16.1 Å². The van der Waals surface area contributed by atoms with E-state index in [1.54, 1.807) is 12.1 Å². The van der Waals surface area contributed by atoms with Crippen LogP contribution >= 0.6 is 11.6 Å². The Balaban J connectivity index is 0. The number of carbonyl (C=O) groups is 3. The molecule has 0 spiro atoms. The number of esters is 2. The van der Waals surface area contributed by atoms with Gasteiger partial charge in [0, 0.05) is 0 Å². The molecule has 1 aromatic carbocycles. The van der Waals surface area contributed by atoms with Gasteiger partial charge in [0.1, 0.15) is 0 Å². The van der Waals surface area contributed by atoms with Crippen molar-refractivity contribution in [2.45, 2.75) is 0 Å². The number of ether oxygens (including phenoxy) is 1. The maximum atomic E-state index is 11.0. The van der Waals surface area contributed by atoms with Gasteiger partial charge in [0.15, 0.2) is 0 Å². The number of benzene rings is 1. The second-order valence-corrected chi connectivity index (χ2v) is 3.00. The number of carboxylic acid groups (broad SMARTS) is 2. The molecule has 0 unspecified atom stereocenters. The quantitative estimate of drug-likeness (QED) is 0.267. The molecule has 6 nitrogen and oxygen atoms in total. The Morgan fingerprint density at radius 3 is 2.06 bits per heavy atom. The smallest absolute Gasteiger partial charge is 0.652 e. The fraction of sp³-hybridized carbons (Fsp3) is 0. The van der Waals surface area contributed by atoms with Crippen LogP contribution in [0.25, 0.3) is 0 Å². The van der Waals surface area contributed by atoms with Crippen LogP contribution in [0.1, 0.15) is 20.7 Å². The minimum Gasteiger partial charge on any atom is -0.652 e. The first kappa shape index (κ1) is 21.5. The van der Waals surface area contributed by atoms with Gasteiger partial charge >= 0.3 is 115 Å². The molecular weight excluding hydrogens is 318 g/mol. The molecular formula is C9H3ClK2O6. The molecule has 0 amide bonds. The zero-order valence-electron chi connectivity index (χ0n) is 9.56. The van der Waals surface area contributed by atoms with Crippen LogP contribution in [0, 0.1) is 0 Å². The van der Waals surface area contributed by atoms with E-state index in [9.17, 15) is 9.59 Å². The molecule has 0 radical (unpaired) electrons. The summed E-state index contributed by atoms with van der Waals surface area (Å²) >= 11 is 5.68. The molecule has 0 bridgehead atoms. The van der Waals surface area contributed by atoms with Crippen molar-refractivity contribution in [2.75, 3.05) is 0 Å². The van der Waals surface area contributed by atoms with E-state index >= 15 is 0 Å². The van der Waals surface area contributed by atoms with E-state index in [1.165, 1.54) is 6.07 Å². The summed E-state index contributed by atoms with van der Waals surface area (Å²) in [6.07, 6.45) is -2.33. The number of rotatable bonds is 0. The minimum atomic E-state index is -2.33. The second kappa shape index (κ2) is 10.00. The molecule has 0 atom stereocenters. The number of carbonyl (C=O) groups excluding carboxylic acids is 3. The number of hydrogen-bond acceptors (Lipinski definition) is 6. The maximum Gasteiger partial charge on any atom is 1.00 e. The number of halogens is 1. The van der Waals surface area contributed by atoms with Crippen molar-refractivity contribution in [3.05, 3.63) is 34.3 Å². The zero-order chi connectivity index (χ0) is 12.3. The first-order valence-corrected chi connectivity index (χ1v) is 4.24. The summed E-state index contributed by atoms with van der Waals surface area (Å²) in [5, 5.41) is 16.9. The number of hydrogen-bond donors (Lipinski definition) is 0. The predicted octanol–water partition coefficient (Wildman–Crippen LogP) is -6.79. The van der Waals surface area contributed by atoms with Gasteiger partial charge in [-0.05, 0) is 18.3 Å². The molecule has 0 fully saturated rings. The summed E-state index contributed by atoms with van der Waals surface area (Å²) in [6.45, 7) is 0. The Bertz CT molecular complexity index is 472. The van der Waals surface area contributed by atoms with E-state index in [1.807, 2.05) is 0 Å². The van der Waals surface area contributed by atoms with Crippen molar-refractivity contribution < 1.29 is 132 Å². The molecule has 1 aromatic rings.